The van der Waals surface area contributed by atoms with Crippen LogP contribution in [0.1, 0.15) is 10.5 Å². The van der Waals surface area contributed by atoms with Gasteiger partial charge in [-0.3, -0.25) is 0 Å². The van der Waals surface area contributed by atoms with Gasteiger partial charge in [0.05, 0.1) is 0 Å². The van der Waals surface area contributed by atoms with Crippen molar-refractivity contribution in [3.05, 3.63) is 11.8 Å². The van der Waals surface area contributed by atoms with Gasteiger partial charge in [-0.1, -0.05) is 0 Å². The van der Waals surface area contributed by atoms with Gasteiger partial charge in [-0.2, -0.15) is 0 Å². The summed E-state index contributed by atoms with van der Waals surface area (Å²) in [6.45, 7) is 0. The highest BCUT2D eigenvalue weighted by molar-refractivity contribution is 5.86. The van der Waals surface area contributed by atoms with E-state index in [1.165, 1.54) is 6.07 Å². The number of carbonyl (C=O) groups is 1. The van der Waals surface area contributed by atoms with E-state index in [-0.39, 0.29) is 5.69 Å². The van der Waals surface area contributed by atoms with E-state index in [1.54, 1.807) is 0 Å². The molecule has 0 unspecified atom stereocenters. The largest absolute Gasteiger partial charge is 0.476 e. The minimum Gasteiger partial charge on any atom is -0.476 e. The van der Waals surface area contributed by atoms with Crippen molar-refractivity contribution in [2.75, 3.05) is 0 Å². The topological polar surface area (TPSA) is 96.2 Å². The number of carboxylic acids is 1. The van der Waals surface area contributed by atoms with Gasteiger partial charge >= 0.3 is 5.97 Å². The van der Waals surface area contributed by atoms with Crippen molar-refractivity contribution in [1.29, 1.82) is 0 Å². The van der Waals surface area contributed by atoms with E-state index in [2.05, 4.69) is 20.6 Å². The standard InChI is InChI=1S/C4H3N5O2/c10-4(11)2-1-3-5-7-8-9(3)6-2/h1H,(H,5,8)(H,10,11). The molecule has 0 saturated heterocycles. The Morgan fingerprint density at radius 1 is 1.73 bits per heavy atom. The first-order valence-electron chi connectivity index (χ1n) is 2.78. The van der Waals surface area contributed by atoms with Crippen molar-refractivity contribution in [2.24, 2.45) is 0 Å². The lowest BCUT2D eigenvalue weighted by molar-refractivity contribution is 0.0690. The van der Waals surface area contributed by atoms with Crippen LogP contribution in [0.25, 0.3) is 5.65 Å². The Balaban J connectivity index is 2.67. The van der Waals surface area contributed by atoms with Crippen LogP contribution in [0, 0.1) is 0 Å². The fourth-order valence-corrected chi connectivity index (χ4v) is 0.738. The molecule has 7 heteroatoms. The number of aromatic carboxylic acids is 1. The Kier molecular flexibility index (Phi) is 0.945. The molecule has 2 heterocycles. The lowest BCUT2D eigenvalue weighted by Gasteiger charge is -1.78. The van der Waals surface area contributed by atoms with Crippen LogP contribution in [-0.2, 0) is 0 Å². The summed E-state index contributed by atoms with van der Waals surface area (Å²) in [5, 5.41) is 21.4. The SMILES string of the molecule is O=C(O)c1cc2[nH]nnn2n1. The number of H-pyrrole nitrogens is 1. The Morgan fingerprint density at radius 3 is 3.18 bits per heavy atom. The van der Waals surface area contributed by atoms with Crippen LogP contribution in [0.4, 0.5) is 0 Å². The Morgan fingerprint density at radius 2 is 2.55 bits per heavy atom. The fraction of sp³-hybridized carbons (Fsp3) is 0. The number of nitrogens with zero attached hydrogens (tertiary/aromatic N) is 4. The first-order chi connectivity index (χ1) is 5.27. The van der Waals surface area contributed by atoms with E-state index >= 15 is 0 Å². The van der Waals surface area contributed by atoms with Crippen LogP contribution < -0.4 is 0 Å². The minimum atomic E-state index is -1.08. The molecular formula is C4H3N5O2. The van der Waals surface area contributed by atoms with E-state index in [0.717, 1.165) is 4.63 Å². The maximum absolute atomic E-state index is 10.3. The second-order valence-corrected chi connectivity index (χ2v) is 1.91. The zero-order chi connectivity index (χ0) is 7.84. The number of rotatable bonds is 1. The molecule has 2 N–H and O–H groups in total. The van der Waals surface area contributed by atoms with Gasteiger partial charge in [0.25, 0.3) is 0 Å². The molecule has 2 rings (SSSR count). The van der Waals surface area contributed by atoms with Crippen LogP contribution in [0.2, 0.25) is 0 Å². The fourth-order valence-electron chi connectivity index (χ4n) is 0.738. The van der Waals surface area contributed by atoms with Gasteiger partial charge in [0, 0.05) is 6.07 Å². The van der Waals surface area contributed by atoms with Crippen molar-refractivity contribution in [3.8, 4) is 0 Å². The highest BCUT2D eigenvalue weighted by atomic mass is 16.4. The number of nitrogens with one attached hydrogen (secondary N) is 1. The zero-order valence-corrected chi connectivity index (χ0v) is 5.22. The van der Waals surface area contributed by atoms with E-state index in [4.69, 9.17) is 5.11 Å². The molecule has 0 aliphatic heterocycles. The average Bonchev–Trinajstić information content (AvgIpc) is 2.40. The van der Waals surface area contributed by atoms with Gasteiger partial charge in [0.2, 0.25) is 0 Å². The number of hydrogen-bond donors (Lipinski definition) is 2. The Bertz CT molecular complexity index is 373. The maximum atomic E-state index is 10.3. The van der Waals surface area contributed by atoms with Gasteiger partial charge in [0.1, 0.15) is 0 Å². The number of aromatic amines is 1. The molecule has 0 saturated carbocycles. The van der Waals surface area contributed by atoms with Crippen molar-refractivity contribution < 1.29 is 9.90 Å². The molecule has 11 heavy (non-hydrogen) atoms. The second-order valence-electron chi connectivity index (χ2n) is 1.91. The molecule has 0 aliphatic rings. The summed E-state index contributed by atoms with van der Waals surface area (Å²) in [6.07, 6.45) is 0. The second kappa shape index (κ2) is 1.78. The van der Waals surface area contributed by atoms with Crippen molar-refractivity contribution in [3.63, 3.8) is 0 Å². The summed E-state index contributed by atoms with van der Waals surface area (Å²) in [7, 11) is 0. The van der Waals surface area contributed by atoms with Crippen molar-refractivity contribution >= 4 is 11.6 Å². The molecule has 0 radical (unpaired) electrons. The predicted octanol–water partition coefficient (Wildman–Crippen LogP) is -0.849. The molecule has 0 amide bonds. The smallest absolute Gasteiger partial charge is 0.356 e. The quantitative estimate of drug-likeness (QED) is 0.556. The third kappa shape index (κ3) is 0.741. The van der Waals surface area contributed by atoms with Crippen LogP contribution in [0.3, 0.4) is 0 Å². The normalized spacial score (nSPS) is 10.5. The highest BCUT2D eigenvalue weighted by Crippen LogP contribution is 1.99. The number of hydrogen-bond acceptors (Lipinski definition) is 4. The monoisotopic (exact) mass is 153 g/mol. The molecule has 0 bridgehead atoms. The average molecular weight is 153 g/mol. The lowest BCUT2D eigenvalue weighted by atomic mass is 10.4. The molecule has 0 aliphatic carbocycles. The molecule has 56 valence electrons. The summed E-state index contributed by atoms with van der Waals surface area (Å²) in [6, 6.07) is 1.35. The molecule has 7 nitrogen and oxygen atoms in total. The van der Waals surface area contributed by atoms with Gasteiger partial charge in [0.15, 0.2) is 11.3 Å². The van der Waals surface area contributed by atoms with Gasteiger partial charge in [-0.15, -0.1) is 9.73 Å². The molecule has 0 aromatic carbocycles. The molecule has 2 aromatic rings. The van der Waals surface area contributed by atoms with E-state index in [0.29, 0.717) is 5.65 Å². The van der Waals surface area contributed by atoms with Crippen LogP contribution in [-0.4, -0.2) is 36.3 Å². The lowest BCUT2D eigenvalue weighted by Crippen LogP contribution is -1.98. The van der Waals surface area contributed by atoms with Gasteiger partial charge in [-0.05, 0) is 10.4 Å². The maximum Gasteiger partial charge on any atom is 0.356 e. The summed E-state index contributed by atoms with van der Waals surface area (Å²) in [5.41, 5.74) is 0.411. The third-order valence-electron chi connectivity index (χ3n) is 1.20. The van der Waals surface area contributed by atoms with Gasteiger partial charge in [-0.25, -0.2) is 9.89 Å². The zero-order valence-electron chi connectivity index (χ0n) is 5.22. The molecular weight excluding hydrogens is 150 g/mol. The van der Waals surface area contributed by atoms with Crippen LogP contribution in [0.5, 0.6) is 0 Å². The van der Waals surface area contributed by atoms with Crippen LogP contribution in [0.15, 0.2) is 6.07 Å². The Labute approximate surface area is 59.6 Å². The molecule has 0 fully saturated rings. The van der Waals surface area contributed by atoms with Gasteiger partial charge < -0.3 is 5.11 Å². The molecule has 0 atom stereocenters. The van der Waals surface area contributed by atoms with E-state index in [9.17, 15) is 4.79 Å². The Hall–Kier alpha value is -1.92. The summed E-state index contributed by atoms with van der Waals surface area (Å²) in [4.78, 5) is 10.3. The van der Waals surface area contributed by atoms with E-state index < -0.39 is 5.97 Å². The summed E-state index contributed by atoms with van der Waals surface area (Å²) in [5.74, 6) is -1.08. The van der Waals surface area contributed by atoms with Crippen molar-refractivity contribution in [1.82, 2.24) is 25.3 Å². The highest BCUT2D eigenvalue weighted by Gasteiger charge is 2.09. The number of fused-ring (bicyclic) bond motifs is 1. The summed E-state index contributed by atoms with van der Waals surface area (Å²) >= 11 is 0. The van der Waals surface area contributed by atoms with E-state index in [1.807, 2.05) is 0 Å². The number of tetrazole rings is 1. The van der Waals surface area contributed by atoms with Crippen LogP contribution >= 0.6 is 0 Å². The summed E-state index contributed by atoms with van der Waals surface area (Å²) < 4.78 is 1.11. The first kappa shape index (κ1) is 5.83. The predicted molar refractivity (Wildman–Crippen MR) is 32.1 cm³/mol. The number of carboxylic acid groups (broad SMARTS) is 1. The first-order valence-corrected chi connectivity index (χ1v) is 2.78. The number of aromatic nitrogens is 5. The van der Waals surface area contributed by atoms with Crippen molar-refractivity contribution in [2.45, 2.75) is 0 Å². The molecule has 0 spiro atoms. The minimum absolute atomic E-state index is 0.0499. The third-order valence-corrected chi connectivity index (χ3v) is 1.20. The molecule has 2 aromatic heterocycles.